The third-order valence-corrected chi connectivity index (χ3v) is 2.46. The van der Waals surface area contributed by atoms with Crippen LogP contribution in [-0.2, 0) is 0 Å². The number of alkyl halides is 4. The summed E-state index contributed by atoms with van der Waals surface area (Å²) < 4.78 is 49.1. The van der Waals surface area contributed by atoms with E-state index in [0.717, 1.165) is 0 Å². The van der Waals surface area contributed by atoms with Crippen molar-refractivity contribution >= 4 is 0 Å². The molecule has 0 N–H and O–H groups in total. The fourth-order valence-electron chi connectivity index (χ4n) is 1.68. The number of halogens is 4. The van der Waals surface area contributed by atoms with Crippen LogP contribution >= 0.6 is 0 Å². The van der Waals surface area contributed by atoms with Crippen molar-refractivity contribution in [3.05, 3.63) is 0 Å². The zero-order valence-corrected chi connectivity index (χ0v) is 6.87. The number of hydrogen-bond donors (Lipinski definition) is 0. The van der Waals surface area contributed by atoms with Gasteiger partial charge < -0.3 is 0 Å². The molecule has 0 spiro atoms. The minimum absolute atomic E-state index is 0.0498. The summed E-state index contributed by atoms with van der Waals surface area (Å²) in [5.41, 5.74) is 0. The van der Waals surface area contributed by atoms with Crippen LogP contribution in [0.5, 0.6) is 0 Å². The van der Waals surface area contributed by atoms with E-state index in [1.165, 1.54) is 0 Å². The molecular weight excluding hydrogens is 172 g/mol. The molecule has 1 rings (SSSR count). The Hall–Kier alpha value is -0.280. The molecule has 0 nitrogen and oxygen atoms in total. The summed E-state index contributed by atoms with van der Waals surface area (Å²) in [6.07, 6.45) is -5.53. The average molecular weight is 184 g/mol. The smallest absolute Gasteiger partial charge is 0.247 e. The largest absolute Gasteiger partial charge is 0.394 e. The van der Waals surface area contributed by atoms with Gasteiger partial charge in [-0.15, -0.1) is 0 Å². The van der Waals surface area contributed by atoms with Crippen molar-refractivity contribution in [2.24, 2.45) is 11.8 Å². The highest BCUT2D eigenvalue weighted by molar-refractivity contribution is 4.82. The van der Waals surface area contributed by atoms with E-state index >= 15 is 0 Å². The maximum Gasteiger partial charge on any atom is 0.394 e. The molecule has 72 valence electrons. The van der Waals surface area contributed by atoms with Crippen molar-refractivity contribution < 1.29 is 17.6 Å². The summed E-state index contributed by atoms with van der Waals surface area (Å²) >= 11 is 0. The first-order valence-electron chi connectivity index (χ1n) is 4.12. The second kappa shape index (κ2) is 3.23. The Balaban J connectivity index is 2.57. The molecule has 0 amide bonds. The van der Waals surface area contributed by atoms with E-state index in [2.05, 4.69) is 0 Å². The number of rotatable bonds is 0. The Morgan fingerprint density at radius 1 is 1.17 bits per heavy atom. The van der Waals surface area contributed by atoms with Crippen LogP contribution in [0.1, 0.15) is 26.2 Å². The Morgan fingerprint density at radius 2 is 1.75 bits per heavy atom. The van der Waals surface area contributed by atoms with E-state index in [1.54, 1.807) is 6.92 Å². The predicted molar refractivity (Wildman–Crippen MR) is 37.5 cm³/mol. The summed E-state index contributed by atoms with van der Waals surface area (Å²) in [4.78, 5) is 0. The molecular formula is C8H12F4. The lowest BCUT2D eigenvalue weighted by Crippen LogP contribution is -2.36. The third-order valence-electron chi connectivity index (χ3n) is 2.46. The first-order chi connectivity index (χ1) is 5.41. The van der Waals surface area contributed by atoms with E-state index < -0.39 is 18.3 Å². The minimum Gasteiger partial charge on any atom is -0.247 e. The van der Waals surface area contributed by atoms with E-state index in [4.69, 9.17) is 0 Å². The van der Waals surface area contributed by atoms with Crippen molar-refractivity contribution in [1.82, 2.24) is 0 Å². The van der Waals surface area contributed by atoms with Gasteiger partial charge in [-0.1, -0.05) is 6.92 Å². The van der Waals surface area contributed by atoms with Gasteiger partial charge in [0.15, 0.2) is 0 Å². The third kappa shape index (κ3) is 2.11. The quantitative estimate of drug-likeness (QED) is 0.506. The van der Waals surface area contributed by atoms with Crippen LogP contribution in [-0.4, -0.2) is 12.3 Å². The lowest BCUT2D eigenvalue weighted by atomic mass is 9.81. The molecule has 1 aliphatic carbocycles. The van der Waals surface area contributed by atoms with Gasteiger partial charge in [-0.2, -0.15) is 13.2 Å². The zero-order chi connectivity index (χ0) is 9.35. The van der Waals surface area contributed by atoms with Gasteiger partial charge in [0.2, 0.25) is 0 Å². The van der Waals surface area contributed by atoms with Crippen molar-refractivity contribution in [2.45, 2.75) is 38.5 Å². The van der Waals surface area contributed by atoms with Crippen LogP contribution < -0.4 is 0 Å². The van der Waals surface area contributed by atoms with E-state index in [0.29, 0.717) is 6.42 Å². The molecule has 0 aromatic carbocycles. The maximum atomic E-state index is 12.9. The molecule has 1 saturated carbocycles. The molecule has 12 heavy (non-hydrogen) atoms. The Bertz CT molecular complexity index is 152. The molecule has 0 aliphatic heterocycles. The summed E-state index contributed by atoms with van der Waals surface area (Å²) in [6, 6.07) is 0. The summed E-state index contributed by atoms with van der Waals surface area (Å²) in [5, 5.41) is 0. The lowest BCUT2D eigenvalue weighted by Gasteiger charge is -2.31. The standard InChI is InChI=1S/C8H12F4/c1-5-2-3-6(7(9)4-5)8(10,11)12/h5-7H,2-4H2,1H3. The van der Waals surface area contributed by atoms with Crippen LogP contribution in [0.25, 0.3) is 0 Å². The van der Waals surface area contributed by atoms with E-state index in [9.17, 15) is 17.6 Å². The molecule has 1 fully saturated rings. The molecule has 0 bridgehead atoms. The molecule has 0 saturated heterocycles. The summed E-state index contributed by atoms with van der Waals surface area (Å²) in [5.74, 6) is -1.62. The van der Waals surface area contributed by atoms with Gasteiger partial charge in [0.25, 0.3) is 0 Å². The fourth-order valence-corrected chi connectivity index (χ4v) is 1.68. The van der Waals surface area contributed by atoms with Crippen LogP contribution in [0.2, 0.25) is 0 Å². The molecule has 3 atom stereocenters. The molecule has 4 heteroatoms. The van der Waals surface area contributed by atoms with E-state index in [-0.39, 0.29) is 18.8 Å². The Labute approximate surface area is 69.0 Å². The fraction of sp³-hybridized carbons (Fsp3) is 1.00. The molecule has 1 aliphatic rings. The summed E-state index contributed by atoms with van der Waals surface area (Å²) in [6.45, 7) is 1.79. The topological polar surface area (TPSA) is 0 Å². The first-order valence-corrected chi connectivity index (χ1v) is 4.12. The normalized spacial score (nSPS) is 38.2. The molecule has 3 unspecified atom stereocenters. The number of hydrogen-bond acceptors (Lipinski definition) is 0. The van der Waals surface area contributed by atoms with Crippen LogP contribution in [0.15, 0.2) is 0 Å². The predicted octanol–water partition coefficient (Wildman–Crippen LogP) is 3.32. The Morgan fingerprint density at radius 3 is 2.17 bits per heavy atom. The molecule has 0 aromatic rings. The molecule has 0 aromatic heterocycles. The van der Waals surface area contributed by atoms with Crippen LogP contribution in [0.3, 0.4) is 0 Å². The first kappa shape index (κ1) is 9.81. The Kier molecular flexibility index (Phi) is 2.64. The van der Waals surface area contributed by atoms with Gasteiger partial charge in [-0.3, -0.25) is 0 Å². The summed E-state index contributed by atoms with van der Waals surface area (Å²) in [7, 11) is 0. The van der Waals surface area contributed by atoms with Gasteiger partial charge >= 0.3 is 6.18 Å². The molecule has 0 heterocycles. The van der Waals surface area contributed by atoms with Crippen molar-refractivity contribution in [3.63, 3.8) is 0 Å². The highest BCUT2D eigenvalue weighted by Crippen LogP contribution is 2.40. The zero-order valence-electron chi connectivity index (χ0n) is 6.87. The van der Waals surface area contributed by atoms with Crippen molar-refractivity contribution in [2.75, 3.05) is 0 Å². The molecule has 0 radical (unpaired) electrons. The van der Waals surface area contributed by atoms with Gasteiger partial charge in [0.1, 0.15) is 6.17 Å². The van der Waals surface area contributed by atoms with Crippen LogP contribution in [0, 0.1) is 11.8 Å². The highest BCUT2D eigenvalue weighted by atomic mass is 19.4. The lowest BCUT2D eigenvalue weighted by molar-refractivity contribution is -0.200. The van der Waals surface area contributed by atoms with Gasteiger partial charge in [-0.05, 0) is 25.2 Å². The van der Waals surface area contributed by atoms with Gasteiger partial charge in [0.05, 0.1) is 5.92 Å². The van der Waals surface area contributed by atoms with Crippen molar-refractivity contribution in [3.8, 4) is 0 Å². The average Bonchev–Trinajstić information content (AvgIpc) is 1.83. The highest BCUT2D eigenvalue weighted by Gasteiger charge is 2.46. The maximum absolute atomic E-state index is 12.9. The van der Waals surface area contributed by atoms with Crippen molar-refractivity contribution in [1.29, 1.82) is 0 Å². The SMILES string of the molecule is CC1CCC(C(F)(F)F)C(F)C1. The van der Waals surface area contributed by atoms with Gasteiger partial charge in [0, 0.05) is 0 Å². The van der Waals surface area contributed by atoms with Crippen LogP contribution in [0.4, 0.5) is 17.6 Å². The van der Waals surface area contributed by atoms with Gasteiger partial charge in [-0.25, -0.2) is 4.39 Å². The second-order valence-electron chi connectivity index (χ2n) is 3.58. The van der Waals surface area contributed by atoms with E-state index in [1.807, 2.05) is 0 Å². The second-order valence-corrected chi connectivity index (χ2v) is 3.58. The monoisotopic (exact) mass is 184 g/mol. The minimum atomic E-state index is -4.35.